The minimum Gasteiger partial charge on any atom is -0.356 e. The molecule has 1 N–H and O–H groups in total. The van der Waals surface area contributed by atoms with Crippen LogP contribution in [0.25, 0.3) is 0 Å². The van der Waals surface area contributed by atoms with Gasteiger partial charge in [-0.25, -0.2) is 4.98 Å². The van der Waals surface area contributed by atoms with E-state index in [0.29, 0.717) is 18.5 Å². The molecule has 0 bridgehead atoms. The van der Waals surface area contributed by atoms with Crippen molar-refractivity contribution in [3.63, 3.8) is 0 Å². The van der Waals surface area contributed by atoms with Gasteiger partial charge in [0.1, 0.15) is 5.82 Å². The zero-order chi connectivity index (χ0) is 23.9. The lowest BCUT2D eigenvalue weighted by Crippen LogP contribution is -2.49. The summed E-state index contributed by atoms with van der Waals surface area (Å²) in [7, 11) is 0. The van der Waals surface area contributed by atoms with Crippen LogP contribution in [0.15, 0.2) is 29.8 Å². The minimum atomic E-state index is 0.280. The zero-order valence-electron chi connectivity index (χ0n) is 20.9. The topological polar surface area (TPSA) is 64.6 Å². The lowest BCUT2D eigenvalue weighted by atomic mass is 10.0. The van der Waals surface area contributed by atoms with Crippen molar-refractivity contribution in [1.82, 2.24) is 19.8 Å². The van der Waals surface area contributed by atoms with Gasteiger partial charge in [0.05, 0.1) is 6.42 Å². The normalized spacial score (nSPS) is 23.0. The highest BCUT2D eigenvalue weighted by molar-refractivity contribution is 7.10. The fourth-order valence-electron chi connectivity index (χ4n) is 5.85. The first-order chi connectivity index (χ1) is 17.2. The van der Waals surface area contributed by atoms with Crippen molar-refractivity contribution in [2.45, 2.75) is 76.3 Å². The number of hydrogen-bond donors (Lipinski definition) is 1. The van der Waals surface area contributed by atoms with Crippen LogP contribution in [0.4, 0.5) is 11.8 Å². The number of carbonyl (C=O) groups is 1. The highest BCUT2D eigenvalue weighted by Crippen LogP contribution is 2.24. The van der Waals surface area contributed by atoms with Gasteiger partial charge in [0.25, 0.3) is 0 Å². The highest BCUT2D eigenvalue weighted by atomic mass is 32.1. The van der Waals surface area contributed by atoms with E-state index in [1.807, 2.05) is 12.3 Å². The van der Waals surface area contributed by atoms with E-state index >= 15 is 0 Å². The van der Waals surface area contributed by atoms with Crippen molar-refractivity contribution >= 4 is 29.0 Å². The lowest BCUT2D eigenvalue weighted by molar-refractivity contribution is -0.132. The van der Waals surface area contributed by atoms with Gasteiger partial charge in [0, 0.05) is 55.9 Å². The van der Waals surface area contributed by atoms with Crippen molar-refractivity contribution in [1.29, 1.82) is 0 Å². The Morgan fingerprint density at radius 2 is 1.77 bits per heavy atom. The Balaban J connectivity index is 1.14. The fourth-order valence-corrected chi connectivity index (χ4v) is 6.55. The summed E-state index contributed by atoms with van der Waals surface area (Å²) in [6.07, 6.45) is 13.4. The van der Waals surface area contributed by atoms with E-state index in [1.165, 1.54) is 43.4 Å². The molecule has 0 aliphatic carbocycles. The summed E-state index contributed by atoms with van der Waals surface area (Å²) in [5.41, 5.74) is 0. The molecule has 0 saturated carbocycles. The third-order valence-corrected chi connectivity index (χ3v) is 8.72. The molecule has 0 aromatic carbocycles. The van der Waals surface area contributed by atoms with Crippen molar-refractivity contribution in [3.8, 4) is 0 Å². The second-order valence-electron chi connectivity index (χ2n) is 10.3. The number of likely N-dealkylation sites (tertiary alicyclic amines) is 2. The third-order valence-electron chi connectivity index (χ3n) is 7.85. The predicted molar refractivity (Wildman–Crippen MR) is 143 cm³/mol. The number of nitrogens with zero attached hydrogens (tertiary/aromatic N) is 5. The monoisotopic (exact) mass is 496 g/mol. The van der Waals surface area contributed by atoms with E-state index in [1.54, 1.807) is 11.3 Å². The minimum absolute atomic E-state index is 0.280. The second-order valence-corrected chi connectivity index (χ2v) is 11.4. The first kappa shape index (κ1) is 24.5. The summed E-state index contributed by atoms with van der Waals surface area (Å²) >= 11 is 1.68. The molecule has 2 aromatic rings. The molecular formula is C27H40N6OS. The molecule has 1 unspecified atom stereocenters. The third kappa shape index (κ3) is 6.73. The van der Waals surface area contributed by atoms with Crippen LogP contribution in [0.3, 0.4) is 0 Å². The van der Waals surface area contributed by atoms with Crippen molar-refractivity contribution < 1.29 is 4.79 Å². The molecule has 7 nitrogen and oxygen atoms in total. The van der Waals surface area contributed by atoms with Crippen LogP contribution < -0.4 is 10.2 Å². The number of carbonyl (C=O) groups excluding carboxylic acids is 1. The second kappa shape index (κ2) is 12.2. The molecule has 35 heavy (non-hydrogen) atoms. The van der Waals surface area contributed by atoms with E-state index in [0.717, 1.165) is 70.3 Å². The standard InChI is InChI=1S/C27H40N6OS/c34-26(20-24-9-7-19-35-24)32-17-11-23(12-18-32)33-16-6-3-8-22(21-33)29-27-28-13-10-25(30-27)31-14-4-1-2-5-15-31/h7,9-10,13,19,22-23H,1-6,8,11-12,14-18,20-21H2,(H,28,29,30). The van der Waals surface area contributed by atoms with E-state index in [9.17, 15) is 4.79 Å². The Morgan fingerprint density at radius 1 is 0.971 bits per heavy atom. The quantitative estimate of drug-likeness (QED) is 0.639. The number of thiophene rings is 1. The van der Waals surface area contributed by atoms with Crippen LogP contribution in [-0.2, 0) is 11.2 Å². The predicted octanol–water partition coefficient (Wildman–Crippen LogP) is 4.42. The maximum atomic E-state index is 12.7. The van der Waals surface area contributed by atoms with Crippen molar-refractivity contribution in [3.05, 3.63) is 34.7 Å². The van der Waals surface area contributed by atoms with Gasteiger partial charge < -0.3 is 15.1 Å². The van der Waals surface area contributed by atoms with Gasteiger partial charge in [-0.3, -0.25) is 9.69 Å². The van der Waals surface area contributed by atoms with Crippen LogP contribution in [0, 0.1) is 0 Å². The van der Waals surface area contributed by atoms with Gasteiger partial charge in [-0.2, -0.15) is 4.98 Å². The van der Waals surface area contributed by atoms with Gasteiger partial charge in [0.2, 0.25) is 11.9 Å². The molecule has 5 heterocycles. The van der Waals surface area contributed by atoms with E-state index in [-0.39, 0.29) is 5.91 Å². The van der Waals surface area contributed by atoms with Gasteiger partial charge in [-0.1, -0.05) is 25.3 Å². The number of amides is 1. The molecule has 0 radical (unpaired) electrons. The lowest BCUT2D eigenvalue weighted by Gasteiger charge is -2.39. The number of hydrogen-bond acceptors (Lipinski definition) is 7. The Kier molecular flexibility index (Phi) is 8.52. The molecule has 1 atom stereocenters. The summed E-state index contributed by atoms with van der Waals surface area (Å²) in [4.78, 5) is 30.5. The molecule has 5 rings (SSSR count). The van der Waals surface area contributed by atoms with Gasteiger partial charge in [0.15, 0.2) is 0 Å². The summed E-state index contributed by atoms with van der Waals surface area (Å²) < 4.78 is 0. The molecular weight excluding hydrogens is 456 g/mol. The maximum absolute atomic E-state index is 12.7. The first-order valence-corrected chi connectivity index (χ1v) is 14.5. The Labute approximate surface area is 213 Å². The smallest absolute Gasteiger partial charge is 0.227 e. The van der Waals surface area contributed by atoms with E-state index in [2.05, 4.69) is 42.5 Å². The van der Waals surface area contributed by atoms with Gasteiger partial charge in [-0.05, 0) is 62.6 Å². The molecule has 3 saturated heterocycles. The van der Waals surface area contributed by atoms with Crippen LogP contribution >= 0.6 is 11.3 Å². The highest BCUT2D eigenvalue weighted by Gasteiger charge is 2.29. The van der Waals surface area contributed by atoms with Crippen LogP contribution in [0.5, 0.6) is 0 Å². The Bertz CT molecular complexity index is 922. The molecule has 8 heteroatoms. The summed E-state index contributed by atoms with van der Waals surface area (Å²) in [5.74, 6) is 2.12. The number of aromatic nitrogens is 2. The molecule has 3 aliphatic heterocycles. The number of piperidine rings is 1. The van der Waals surface area contributed by atoms with Crippen LogP contribution in [0.1, 0.15) is 62.7 Å². The van der Waals surface area contributed by atoms with E-state index < -0.39 is 0 Å². The van der Waals surface area contributed by atoms with Crippen LogP contribution in [-0.4, -0.2) is 77.0 Å². The number of rotatable bonds is 6. The molecule has 3 fully saturated rings. The summed E-state index contributed by atoms with van der Waals surface area (Å²) in [6.45, 7) is 6.14. The summed E-state index contributed by atoms with van der Waals surface area (Å²) in [6, 6.07) is 7.08. The van der Waals surface area contributed by atoms with Crippen molar-refractivity contribution in [2.75, 3.05) is 49.5 Å². The SMILES string of the molecule is O=C(Cc1cccs1)N1CCC(N2CCCCC(Nc3nccc(N4CCCCCC4)n3)C2)CC1. The first-order valence-electron chi connectivity index (χ1n) is 13.6. The zero-order valence-corrected chi connectivity index (χ0v) is 21.7. The van der Waals surface area contributed by atoms with Gasteiger partial charge >= 0.3 is 0 Å². The average molecular weight is 497 g/mol. The number of anilines is 2. The Morgan fingerprint density at radius 3 is 2.54 bits per heavy atom. The molecule has 3 aliphatic rings. The molecule has 1 amide bonds. The largest absolute Gasteiger partial charge is 0.356 e. The summed E-state index contributed by atoms with van der Waals surface area (Å²) in [5, 5.41) is 5.73. The average Bonchev–Trinajstić information content (AvgIpc) is 3.11. The molecule has 190 valence electrons. The van der Waals surface area contributed by atoms with Crippen molar-refractivity contribution in [2.24, 2.45) is 0 Å². The number of nitrogens with one attached hydrogen (secondary N) is 1. The fraction of sp³-hybridized carbons (Fsp3) is 0.667. The Hall–Kier alpha value is -2.19. The van der Waals surface area contributed by atoms with Crippen LogP contribution in [0.2, 0.25) is 0 Å². The van der Waals surface area contributed by atoms with Gasteiger partial charge in [-0.15, -0.1) is 11.3 Å². The molecule has 2 aromatic heterocycles. The van der Waals surface area contributed by atoms with E-state index in [4.69, 9.17) is 4.98 Å². The molecule has 0 spiro atoms. The maximum Gasteiger partial charge on any atom is 0.227 e.